The summed E-state index contributed by atoms with van der Waals surface area (Å²) >= 11 is 5.38. The molecule has 1 rings (SSSR count). The number of hydrogen-bond acceptors (Lipinski definition) is 3. The molecule has 1 heterocycles. The molecule has 0 aliphatic rings. The number of rotatable bonds is 6. The van der Waals surface area contributed by atoms with Crippen molar-refractivity contribution in [2.45, 2.75) is 13.0 Å². The van der Waals surface area contributed by atoms with Gasteiger partial charge in [-0.05, 0) is 68.0 Å². The van der Waals surface area contributed by atoms with Crippen molar-refractivity contribution >= 4 is 27.3 Å². The molecule has 15 heavy (non-hydrogen) atoms. The van der Waals surface area contributed by atoms with Crippen molar-refractivity contribution in [2.75, 3.05) is 34.2 Å². The smallest absolute Gasteiger partial charge is 0.0336 e. The molecule has 86 valence electrons. The first-order chi connectivity index (χ1) is 7.09. The summed E-state index contributed by atoms with van der Waals surface area (Å²) < 4.78 is 1.24. The Morgan fingerprint density at radius 1 is 1.27 bits per heavy atom. The van der Waals surface area contributed by atoms with Crippen LogP contribution in [0.4, 0.5) is 0 Å². The van der Waals surface area contributed by atoms with E-state index >= 15 is 0 Å². The second-order valence-corrected chi connectivity index (χ2v) is 5.94. The fourth-order valence-electron chi connectivity index (χ4n) is 1.42. The third-order valence-corrected chi connectivity index (χ3v) is 4.16. The molecule has 0 saturated heterocycles. The molecule has 0 bridgehead atoms. The van der Waals surface area contributed by atoms with Crippen LogP contribution in [0, 0.1) is 0 Å². The summed E-state index contributed by atoms with van der Waals surface area (Å²) in [5, 5.41) is 2.13. The van der Waals surface area contributed by atoms with Gasteiger partial charge < -0.3 is 9.80 Å². The third kappa shape index (κ3) is 5.11. The molecule has 0 unspecified atom stereocenters. The zero-order valence-corrected chi connectivity index (χ0v) is 12.1. The first-order valence-electron chi connectivity index (χ1n) is 5.14. The zero-order chi connectivity index (χ0) is 11.3. The van der Waals surface area contributed by atoms with Crippen LogP contribution in [0.2, 0.25) is 0 Å². The maximum absolute atomic E-state index is 3.56. The van der Waals surface area contributed by atoms with Gasteiger partial charge in [-0.15, -0.1) is 11.3 Å². The summed E-state index contributed by atoms with van der Waals surface area (Å²) in [5.74, 6) is 0. The van der Waals surface area contributed by atoms with Crippen LogP contribution in [0.25, 0.3) is 0 Å². The third-order valence-electron chi connectivity index (χ3n) is 2.25. The van der Waals surface area contributed by atoms with Gasteiger partial charge in [-0.3, -0.25) is 0 Å². The summed E-state index contributed by atoms with van der Waals surface area (Å²) in [5.41, 5.74) is 0. The lowest BCUT2D eigenvalue weighted by molar-refractivity contribution is 0.296. The van der Waals surface area contributed by atoms with E-state index in [0.717, 1.165) is 19.6 Å². The lowest BCUT2D eigenvalue weighted by atomic mass is 10.3. The number of thiophene rings is 1. The molecule has 0 aliphatic heterocycles. The highest BCUT2D eigenvalue weighted by atomic mass is 79.9. The average Bonchev–Trinajstić information content (AvgIpc) is 2.51. The maximum Gasteiger partial charge on any atom is 0.0336 e. The fraction of sp³-hybridized carbons (Fsp3) is 0.636. The minimum absolute atomic E-state index is 1.05. The Morgan fingerprint density at radius 2 is 2.00 bits per heavy atom. The minimum atomic E-state index is 1.05. The molecule has 0 fully saturated rings. The van der Waals surface area contributed by atoms with E-state index in [2.05, 4.69) is 58.3 Å². The van der Waals surface area contributed by atoms with Gasteiger partial charge in [-0.25, -0.2) is 0 Å². The largest absolute Gasteiger partial charge is 0.309 e. The Hall–Kier alpha value is 0.100. The molecule has 0 amide bonds. The van der Waals surface area contributed by atoms with E-state index in [1.807, 2.05) is 11.3 Å². The highest BCUT2D eigenvalue weighted by Crippen LogP contribution is 2.23. The quantitative estimate of drug-likeness (QED) is 0.795. The molecule has 0 spiro atoms. The van der Waals surface area contributed by atoms with Crippen molar-refractivity contribution in [1.29, 1.82) is 0 Å². The monoisotopic (exact) mass is 290 g/mol. The van der Waals surface area contributed by atoms with Crippen LogP contribution in [-0.4, -0.2) is 44.0 Å². The topological polar surface area (TPSA) is 6.48 Å². The van der Waals surface area contributed by atoms with Crippen LogP contribution in [-0.2, 0) is 6.54 Å². The van der Waals surface area contributed by atoms with Crippen molar-refractivity contribution in [3.05, 3.63) is 20.8 Å². The van der Waals surface area contributed by atoms with Crippen LogP contribution in [0.5, 0.6) is 0 Å². The summed E-state index contributed by atoms with van der Waals surface area (Å²) in [7, 11) is 6.42. The predicted octanol–water partition coefficient (Wildman–Crippen LogP) is 2.89. The molecular weight excluding hydrogens is 272 g/mol. The maximum atomic E-state index is 3.56. The van der Waals surface area contributed by atoms with Crippen molar-refractivity contribution in [1.82, 2.24) is 9.80 Å². The minimum Gasteiger partial charge on any atom is -0.309 e. The summed E-state index contributed by atoms with van der Waals surface area (Å²) in [6, 6.07) is 2.12. The highest BCUT2D eigenvalue weighted by Gasteiger charge is 2.05. The van der Waals surface area contributed by atoms with Gasteiger partial charge in [0.15, 0.2) is 0 Å². The number of nitrogens with zero attached hydrogens (tertiary/aromatic N) is 2. The molecule has 0 N–H and O–H groups in total. The number of halogens is 1. The van der Waals surface area contributed by atoms with Crippen LogP contribution in [0.1, 0.15) is 11.3 Å². The van der Waals surface area contributed by atoms with Crippen LogP contribution in [0.15, 0.2) is 15.9 Å². The van der Waals surface area contributed by atoms with Crippen molar-refractivity contribution in [3.63, 3.8) is 0 Å². The lowest BCUT2D eigenvalue weighted by Crippen LogP contribution is -2.23. The predicted molar refractivity (Wildman–Crippen MR) is 71.5 cm³/mol. The summed E-state index contributed by atoms with van der Waals surface area (Å²) in [4.78, 5) is 6.02. The Balaban J connectivity index is 2.24. The molecule has 1 aromatic rings. The first-order valence-corrected chi connectivity index (χ1v) is 6.82. The molecule has 0 atom stereocenters. The first kappa shape index (κ1) is 13.2. The lowest BCUT2D eigenvalue weighted by Gasteiger charge is -2.17. The van der Waals surface area contributed by atoms with Crippen LogP contribution in [0.3, 0.4) is 0 Å². The van der Waals surface area contributed by atoms with Gasteiger partial charge in [0.25, 0.3) is 0 Å². The normalized spacial score (nSPS) is 11.6. The van der Waals surface area contributed by atoms with Crippen molar-refractivity contribution in [2.24, 2.45) is 0 Å². The standard InChI is InChI=1S/C11H19BrN2S/c1-13(2)6-4-7-14(3)9-11-10(12)5-8-15-11/h5,8H,4,6-7,9H2,1-3H3. The average molecular weight is 291 g/mol. The molecule has 2 nitrogen and oxygen atoms in total. The van der Waals surface area contributed by atoms with Gasteiger partial charge in [-0.2, -0.15) is 0 Å². The van der Waals surface area contributed by atoms with Gasteiger partial charge in [0.05, 0.1) is 0 Å². The van der Waals surface area contributed by atoms with E-state index in [1.165, 1.54) is 15.8 Å². The van der Waals surface area contributed by atoms with E-state index < -0.39 is 0 Å². The Bertz CT molecular complexity index is 286. The van der Waals surface area contributed by atoms with Crippen LogP contribution >= 0.6 is 27.3 Å². The van der Waals surface area contributed by atoms with Gasteiger partial charge in [0.1, 0.15) is 0 Å². The second-order valence-electron chi connectivity index (χ2n) is 4.09. The SMILES string of the molecule is CN(C)CCCN(C)Cc1sccc1Br. The molecule has 1 aromatic heterocycles. The van der Waals surface area contributed by atoms with Gasteiger partial charge in [0.2, 0.25) is 0 Å². The number of hydrogen-bond donors (Lipinski definition) is 0. The van der Waals surface area contributed by atoms with E-state index in [-0.39, 0.29) is 0 Å². The van der Waals surface area contributed by atoms with E-state index in [4.69, 9.17) is 0 Å². The van der Waals surface area contributed by atoms with E-state index in [1.54, 1.807) is 0 Å². The molecule has 0 aromatic carbocycles. The zero-order valence-electron chi connectivity index (χ0n) is 9.66. The molecular formula is C11H19BrN2S. The van der Waals surface area contributed by atoms with Gasteiger partial charge >= 0.3 is 0 Å². The Kier molecular flexibility index (Phi) is 5.82. The fourth-order valence-corrected chi connectivity index (χ4v) is 2.98. The summed E-state index contributed by atoms with van der Waals surface area (Å²) in [6.07, 6.45) is 1.23. The second kappa shape index (κ2) is 6.63. The molecule has 0 aliphatic carbocycles. The van der Waals surface area contributed by atoms with Crippen molar-refractivity contribution < 1.29 is 0 Å². The van der Waals surface area contributed by atoms with Crippen LogP contribution < -0.4 is 0 Å². The highest BCUT2D eigenvalue weighted by molar-refractivity contribution is 9.10. The molecule has 0 radical (unpaired) electrons. The van der Waals surface area contributed by atoms with E-state index in [0.29, 0.717) is 0 Å². The molecule has 0 saturated carbocycles. The van der Waals surface area contributed by atoms with Crippen molar-refractivity contribution in [3.8, 4) is 0 Å². The van der Waals surface area contributed by atoms with E-state index in [9.17, 15) is 0 Å². The molecule has 4 heteroatoms. The summed E-state index contributed by atoms with van der Waals surface area (Å²) in [6.45, 7) is 3.37. The Labute approximate surface area is 105 Å². The van der Waals surface area contributed by atoms with Gasteiger partial charge in [0, 0.05) is 15.9 Å². The van der Waals surface area contributed by atoms with Gasteiger partial charge in [-0.1, -0.05) is 0 Å². The Morgan fingerprint density at radius 3 is 2.53 bits per heavy atom.